The predicted octanol–water partition coefficient (Wildman–Crippen LogP) is 5.04. The van der Waals surface area contributed by atoms with E-state index in [2.05, 4.69) is 26.3 Å². The normalized spacial score (nSPS) is 11.9. The summed E-state index contributed by atoms with van der Waals surface area (Å²) in [4.78, 5) is 50.9. The molecule has 0 rings (SSSR count). The zero-order chi connectivity index (χ0) is 27.0. The number of ether oxygens (including phenoxy) is 4. The minimum absolute atomic E-state index is 0.0861. The third kappa shape index (κ3) is 16.5. The van der Waals surface area contributed by atoms with Crippen molar-refractivity contribution >= 4 is 23.9 Å². The largest absolute Gasteiger partial charge is 0.466 e. The highest BCUT2D eigenvalue weighted by Crippen LogP contribution is 2.25. The second kappa shape index (κ2) is 22.3. The van der Waals surface area contributed by atoms with Crippen molar-refractivity contribution in [1.29, 1.82) is 0 Å². The van der Waals surface area contributed by atoms with E-state index < -0.39 is 48.6 Å². The van der Waals surface area contributed by atoms with Gasteiger partial charge in [-0.25, -0.2) is 0 Å². The Bertz CT molecular complexity index is 652. The Hall–Kier alpha value is -3.16. The van der Waals surface area contributed by atoms with E-state index in [-0.39, 0.29) is 26.4 Å². The van der Waals surface area contributed by atoms with E-state index in [9.17, 15) is 19.2 Å². The van der Waals surface area contributed by atoms with Crippen LogP contribution in [0.3, 0.4) is 0 Å². The van der Waals surface area contributed by atoms with Gasteiger partial charge in [0.15, 0.2) is 0 Å². The van der Waals surface area contributed by atoms with Gasteiger partial charge in [-0.2, -0.15) is 0 Å². The number of hydrogen-bond donors (Lipinski definition) is 0. The van der Waals surface area contributed by atoms with Crippen LogP contribution in [0.2, 0.25) is 0 Å². The molecule has 0 aliphatic carbocycles. The fraction of sp³-hybridized carbons (Fsp3) is 0.571. The first-order valence-corrected chi connectivity index (χ1v) is 12.5. The lowest BCUT2D eigenvalue weighted by Crippen LogP contribution is -2.36. The highest BCUT2D eigenvalue weighted by Gasteiger charge is 2.40. The highest BCUT2D eigenvalue weighted by molar-refractivity contribution is 5.88. The highest BCUT2D eigenvalue weighted by atomic mass is 16.6. The molecule has 0 saturated heterocycles. The first kappa shape index (κ1) is 32.8. The third-order valence-corrected chi connectivity index (χ3v) is 5.09. The Balaban J connectivity index is 5.57. The molecule has 0 aromatic heterocycles. The van der Waals surface area contributed by atoms with Gasteiger partial charge in [-0.1, -0.05) is 24.3 Å². The van der Waals surface area contributed by atoms with Crippen molar-refractivity contribution in [2.45, 2.75) is 64.2 Å². The Morgan fingerprint density at radius 3 is 1.06 bits per heavy atom. The van der Waals surface area contributed by atoms with Crippen molar-refractivity contribution in [3.05, 3.63) is 50.6 Å². The van der Waals surface area contributed by atoms with Gasteiger partial charge in [0, 0.05) is 0 Å². The fourth-order valence-electron chi connectivity index (χ4n) is 3.10. The molecular weight excluding hydrogens is 464 g/mol. The maximum atomic E-state index is 13.0. The first-order valence-electron chi connectivity index (χ1n) is 12.5. The number of rotatable bonds is 23. The first-order chi connectivity index (χ1) is 17.4. The molecule has 0 heterocycles. The molecule has 8 heteroatoms. The summed E-state index contributed by atoms with van der Waals surface area (Å²) >= 11 is 0. The summed E-state index contributed by atoms with van der Waals surface area (Å²) in [6.07, 6.45) is 10.8. The summed E-state index contributed by atoms with van der Waals surface area (Å²) in [6, 6.07) is 0. The Kier molecular flexibility index (Phi) is 20.4. The number of allylic oxidation sites excluding steroid dienone is 4. The second-order valence-electron chi connectivity index (χ2n) is 8.12. The maximum Gasteiger partial charge on any atom is 0.310 e. The van der Waals surface area contributed by atoms with Gasteiger partial charge in [0.1, 0.15) is 0 Å². The predicted molar refractivity (Wildman–Crippen MR) is 138 cm³/mol. The molecule has 0 amide bonds. The van der Waals surface area contributed by atoms with Crippen molar-refractivity contribution in [3.63, 3.8) is 0 Å². The van der Waals surface area contributed by atoms with Crippen LogP contribution in [-0.4, -0.2) is 50.3 Å². The number of carbonyl (C=O) groups excluding carboxylic acids is 4. The van der Waals surface area contributed by atoms with E-state index in [1.807, 2.05) is 0 Å². The summed E-state index contributed by atoms with van der Waals surface area (Å²) in [5.74, 6) is -5.39. The standard InChI is InChI=1S/C28H42O8/c1-5-9-13-17-33-25(29)21-23(27(31)35-19-15-11-7-3)24(28(32)36-20-16-12-8-4)22-26(30)34-18-14-10-6-2/h5-8,23-24H,1-4,9-22H2. The lowest BCUT2D eigenvalue weighted by atomic mass is 9.86. The molecule has 36 heavy (non-hydrogen) atoms. The van der Waals surface area contributed by atoms with Crippen LogP contribution in [0.25, 0.3) is 0 Å². The van der Waals surface area contributed by atoms with E-state index in [0.717, 1.165) is 0 Å². The molecule has 0 spiro atoms. The number of hydrogen-bond acceptors (Lipinski definition) is 8. The minimum atomic E-state index is -1.26. The summed E-state index contributed by atoms with van der Waals surface area (Å²) < 4.78 is 21.1. The van der Waals surface area contributed by atoms with E-state index in [1.165, 1.54) is 0 Å². The summed E-state index contributed by atoms with van der Waals surface area (Å²) in [6.45, 7) is 14.9. The van der Waals surface area contributed by atoms with Crippen LogP contribution >= 0.6 is 0 Å². The molecule has 0 N–H and O–H groups in total. The van der Waals surface area contributed by atoms with Gasteiger partial charge in [-0.15, -0.1) is 26.3 Å². The molecule has 0 aliphatic rings. The lowest BCUT2D eigenvalue weighted by molar-refractivity contribution is -0.167. The molecule has 2 unspecified atom stereocenters. The molecule has 0 aliphatic heterocycles. The van der Waals surface area contributed by atoms with Gasteiger partial charge in [-0.05, 0) is 51.4 Å². The molecule has 0 aromatic carbocycles. The molecule has 202 valence electrons. The van der Waals surface area contributed by atoms with Gasteiger partial charge in [0.05, 0.1) is 51.1 Å². The van der Waals surface area contributed by atoms with Crippen LogP contribution in [0, 0.1) is 11.8 Å². The monoisotopic (exact) mass is 506 g/mol. The Labute approximate surface area is 215 Å². The summed E-state index contributed by atoms with van der Waals surface area (Å²) in [5, 5.41) is 0. The quantitative estimate of drug-likeness (QED) is 0.0822. The Morgan fingerprint density at radius 1 is 0.500 bits per heavy atom. The maximum absolute atomic E-state index is 13.0. The topological polar surface area (TPSA) is 105 Å². The van der Waals surface area contributed by atoms with Crippen LogP contribution in [0.15, 0.2) is 50.6 Å². The molecule has 0 aromatic rings. The number of carbonyl (C=O) groups is 4. The van der Waals surface area contributed by atoms with Crippen molar-refractivity contribution in [2.24, 2.45) is 11.8 Å². The van der Waals surface area contributed by atoms with Crippen molar-refractivity contribution in [2.75, 3.05) is 26.4 Å². The van der Waals surface area contributed by atoms with Crippen LogP contribution in [0.4, 0.5) is 0 Å². The molecule has 2 atom stereocenters. The zero-order valence-electron chi connectivity index (χ0n) is 21.5. The van der Waals surface area contributed by atoms with Gasteiger partial charge >= 0.3 is 23.9 Å². The molecule has 8 nitrogen and oxygen atoms in total. The van der Waals surface area contributed by atoms with Crippen LogP contribution in [0.1, 0.15) is 64.2 Å². The molecule has 0 radical (unpaired) electrons. The van der Waals surface area contributed by atoms with Crippen molar-refractivity contribution in [3.8, 4) is 0 Å². The second-order valence-corrected chi connectivity index (χ2v) is 8.12. The molecule has 0 saturated carbocycles. The van der Waals surface area contributed by atoms with Gasteiger partial charge in [0.25, 0.3) is 0 Å². The van der Waals surface area contributed by atoms with Gasteiger partial charge < -0.3 is 18.9 Å². The number of esters is 4. The zero-order valence-corrected chi connectivity index (χ0v) is 21.5. The molecular formula is C28H42O8. The lowest BCUT2D eigenvalue weighted by Gasteiger charge is -2.23. The summed E-state index contributed by atoms with van der Waals surface area (Å²) in [7, 11) is 0. The molecule has 0 bridgehead atoms. The fourth-order valence-corrected chi connectivity index (χ4v) is 3.10. The van der Waals surface area contributed by atoms with E-state index in [1.54, 1.807) is 24.3 Å². The van der Waals surface area contributed by atoms with Gasteiger partial charge in [0.2, 0.25) is 0 Å². The van der Waals surface area contributed by atoms with E-state index in [0.29, 0.717) is 51.4 Å². The summed E-state index contributed by atoms with van der Waals surface area (Å²) in [5.41, 5.74) is 0. The van der Waals surface area contributed by atoms with E-state index >= 15 is 0 Å². The SMILES string of the molecule is C=CCCCOC(=O)CC(C(=O)OCCCC=C)C(CC(=O)OCCCC=C)C(=O)OCCCC=C. The van der Waals surface area contributed by atoms with Crippen molar-refractivity contribution in [1.82, 2.24) is 0 Å². The number of unbranched alkanes of at least 4 members (excludes halogenated alkanes) is 4. The van der Waals surface area contributed by atoms with Crippen LogP contribution in [-0.2, 0) is 38.1 Å². The Morgan fingerprint density at radius 2 is 0.778 bits per heavy atom. The molecule has 0 fully saturated rings. The minimum Gasteiger partial charge on any atom is -0.466 e. The third-order valence-electron chi connectivity index (χ3n) is 5.09. The smallest absolute Gasteiger partial charge is 0.310 e. The van der Waals surface area contributed by atoms with E-state index in [4.69, 9.17) is 18.9 Å². The van der Waals surface area contributed by atoms with Gasteiger partial charge in [-0.3, -0.25) is 19.2 Å². The van der Waals surface area contributed by atoms with Crippen LogP contribution < -0.4 is 0 Å². The van der Waals surface area contributed by atoms with Crippen LogP contribution in [0.5, 0.6) is 0 Å². The average molecular weight is 507 g/mol. The average Bonchev–Trinajstić information content (AvgIpc) is 2.86. The van der Waals surface area contributed by atoms with Crippen molar-refractivity contribution < 1.29 is 38.1 Å².